The van der Waals surface area contributed by atoms with Crippen molar-refractivity contribution in [3.8, 4) is 5.75 Å². The number of nitrogens with one attached hydrogen (secondary N) is 2. The molecule has 10 heteroatoms. The molecule has 0 atom stereocenters. The molecule has 0 saturated carbocycles. The summed E-state index contributed by atoms with van der Waals surface area (Å²) in [5.41, 5.74) is 1.66. The molecule has 2 N–H and O–H groups in total. The van der Waals surface area contributed by atoms with Crippen LogP contribution in [0.15, 0.2) is 65.8 Å². The van der Waals surface area contributed by atoms with E-state index in [1.807, 2.05) is 30.3 Å². The minimum absolute atomic E-state index is 0.0706. The maximum Gasteiger partial charge on any atom is 0.253 e. The second kappa shape index (κ2) is 8.31. The van der Waals surface area contributed by atoms with Gasteiger partial charge in [-0.05, 0) is 30.3 Å². The minimum Gasteiger partial charge on any atom is -0.495 e. The van der Waals surface area contributed by atoms with Crippen LogP contribution in [0.4, 0.5) is 17.3 Å². The number of para-hydroxylation sites is 2. The molecule has 0 aliphatic carbocycles. The van der Waals surface area contributed by atoms with Crippen LogP contribution in [0, 0.1) is 0 Å². The molecule has 4 aromatic rings. The molecule has 2 aromatic heterocycles. The monoisotopic (exact) mass is 451 g/mol. The van der Waals surface area contributed by atoms with E-state index in [4.69, 9.17) is 4.74 Å². The van der Waals surface area contributed by atoms with E-state index < -0.39 is 9.84 Å². The molecule has 0 aliphatic rings. The van der Waals surface area contributed by atoms with Gasteiger partial charge in [-0.1, -0.05) is 24.3 Å². The number of ether oxygens (including phenoxy) is 1. The Bertz CT molecular complexity index is 1400. The number of methoxy groups -OCH3 is 1. The number of benzene rings is 2. The van der Waals surface area contributed by atoms with Crippen LogP contribution in [0.1, 0.15) is 10.4 Å². The van der Waals surface area contributed by atoms with Crippen LogP contribution in [0.25, 0.3) is 11.0 Å². The lowest BCUT2D eigenvalue weighted by Gasteiger charge is -2.27. The lowest BCUT2D eigenvalue weighted by atomic mass is 10.1. The van der Waals surface area contributed by atoms with Crippen molar-refractivity contribution >= 4 is 44.1 Å². The average molecular weight is 452 g/mol. The molecule has 0 spiro atoms. The van der Waals surface area contributed by atoms with E-state index in [-0.39, 0.29) is 16.9 Å². The highest BCUT2D eigenvalue weighted by molar-refractivity contribution is 7.90. The lowest BCUT2D eigenvalue weighted by Crippen LogP contribution is -2.23. The summed E-state index contributed by atoms with van der Waals surface area (Å²) >= 11 is 0. The third-order valence-electron chi connectivity index (χ3n) is 4.85. The van der Waals surface area contributed by atoms with E-state index in [2.05, 4.69) is 20.3 Å². The van der Waals surface area contributed by atoms with Gasteiger partial charge in [0.25, 0.3) is 5.91 Å². The SMILES string of the molecule is CNC(=O)c1cccc(OC)c1N(c1ccccc1)c1nc(S(C)(=O)=O)c2cc[nH]c2n1. The molecule has 0 aliphatic heterocycles. The molecule has 0 bridgehead atoms. The van der Waals surface area contributed by atoms with Crippen molar-refractivity contribution in [1.82, 2.24) is 20.3 Å². The number of fused-ring (bicyclic) bond motifs is 1. The first-order valence-electron chi connectivity index (χ1n) is 9.64. The van der Waals surface area contributed by atoms with Gasteiger partial charge in [-0.25, -0.2) is 8.42 Å². The number of carbonyl (C=O) groups excluding carboxylic acids is 1. The number of nitrogens with zero attached hydrogens (tertiary/aromatic N) is 3. The van der Waals surface area contributed by atoms with Crippen LogP contribution in [0.5, 0.6) is 5.75 Å². The molecular weight excluding hydrogens is 430 g/mol. The molecule has 2 heterocycles. The average Bonchev–Trinajstić information content (AvgIpc) is 3.27. The Morgan fingerprint density at radius 3 is 2.47 bits per heavy atom. The van der Waals surface area contributed by atoms with Gasteiger partial charge in [-0.3, -0.25) is 9.69 Å². The largest absolute Gasteiger partial charge is 0.495 e. The molecule has 0 unspecified atom stereocenters. The van der Waals surface area contributed by atoms with Crippen molar-refractivity contribution in [2.24, 2.45) is 0 Å². The van der Waals surface area contributed by atoms with Gasteiger partial charge in [0.1, 0.15) is 17.1 Å². The molecule has 32 heavy (non-hydrogen) atoms. The van der Waals surface area contributed by atoms with Gasteiger partial charge >= 0.3 is 0 Å². The fraction of sp³-hybridized carbons (Fsp3) is 0.136. The summed E-state index contributed by atoms with van der Waals surface area (Å²) < 4.78 is 30.6. The second-order valence-electron chi connectivity index (χ2n) is 6.95. The maximum absolute atomic E-state index is 12.7. The predicted octanol–water partition coefficient (Wildman–Crippen LogP) is 3.20. The maximum atomic E-state index is 12.7. The Balaban J connectivity index is 2.10. The van der Waals surface area contributed by atoms with Gasteiger partial charge in [0, 0.05) is 25.2 Å². The van der Waals surface area contributed by atoms with Crippen LogP contribution in [0.2, 0.25) is 0 Å². The van der Waals surface area contributed by atoms with Gasteiger partial charge in [-0.15, -0.1) is 0 Å². The van der Waals surface area contributed by atoms with Crippen molar-refractivity contribution in [2.45, 2.75) is 5.03 Å². The number of aromatic amines is 1. The van der Waals surface area contributed by atoms with Gasteiger partial charge in [0.15, 0.2) is 14.9 Å². The highest BCUT2D eigenvalue weighted by atomic mass is 32.2. The van der Waals surface area contributed by atoms with Crippen molar-refractivity contribution in [3.05, 3.63) is 66.4 Å². The summed E-state index contributed by atoms with van der Waals surface area (Å²) in [4.78, 5) is 26.3. The van der Waals surface area contributed by atoms with Crippen LogP contribution in [-0.4, -0.2) is 49.7 Å². The smallest absolute Gasteiger partial charge is 0.253 e. The number of H-pyrrole nitrogens is 1. The number of carbonyl (C=O) groups is 1. The van der Waals surface area contributed by atoms with Crippen LogP contribution in [0.3, 0.4) is 0 Å². The zero-order chi connectivity index (χ0) is 22.9. The summed E-state index contributed by atoms with van der Waals surface area (Å²) in [7, 11) is -0.653. The molecular formula is C22H21N5O4S. The third kappa shape index (κ3) is 3.76. The van der Waals surface area contributed by atoms with E-state index >= 15 is 0 Å². The molecule has 0 radical (unpaired) electrons. The summed E-state index contributed by atoms with van der Waals surface area (Å²) in [6.07, 6.45) is 2.70. The van der Waals surface area contributed by atoms with Gasteiger partial charge in [0.05, 0.1) is 18.1 Å². The molecule has 4 rings (SSSR count). The number of sulfone groups is 1. The lowest BCUT2D eigenvalue weighted by molar-refractivity contribution is 0.0963. The number of amides is 1. The minimum atomic E-state index is -3.67. The topological polar surface area (TPSA) is 117 Å². The predicted molar refractivity (Wildman–Crippen MR) is 122 cm³/mol. The quantitative estimate of drug-likeness (QED) is 0.432. The third-order valence-corrected chi connectivity index (χ3v) is 5.86. The second-order valence-corrected chi connectivity index (χ2v) is 8.88. The van der Waals surface area contributed by atoms with E-state index in [1.165, 1.54) is 14.2 Å². The van der Waals surface area contributed by atoms with Crippen molar-refractivity contribution in [3.63, 3.8) is 0 Å². The van der Waals surface area contributed by atoms with Crippen molar-refractivity contribution in [1.29, 1.82) is 0 Å². The molecule has 164 valence electrons. The molecule has 9 nitrogen and oxygen atoms in total. The normalized spacial score (nSPS) is 11.3. The Labute approximate surface area is 185 Å². The number of rotatable bonds is 6. The molecule has 1 amide bonds. The van der Waals surface area contributed by atoms with Crippen LogP contribution in [-0.2, 0) is 9.84 Å². The molecule has 0 fully saturated rings. The molecule has 2 aromatic carbocycles. The summed E-state index contributed by atoms with van der Waals surface area (Å²) in [6, 6.07) is 15.8. The Hall–Kier alpha value is -3.92. The zero-order valence-electron chi connectivity index (χ0n) is 17.7. The number of hydrogen-bond donors (Lipinski definition) is 2. The summed E-state index contributed by atoms with van der Waals surface area (Å²) in [5, 5.41) is 2.90. The van der Waals surface area contributed by atoms with E-state index in [0.717, 1.165) is 6.26 Å². The van der Waals surface area contributed by atoms with Gasteiger partial charge in [0.2, 0.25) is 5.95 Å². The Morgan fingerprint density at radius 2 is 1.81 bits per heavy atom. The van der Waals surface area contributed by atoms with Crippen LogP contribution >= 0.6 is 0 Å². The van der Waals surface area contributed by atoms with E-state index in [9.17, 15) is 13.2 Å². The summed E-state index contributed by atoms with van der Waals surface area (Å²) in [5.74, 6) is 0.122. The van der Waals surface area contributed by atoms with E-state index in [1.54, 1.807) is 35.4 Å². The summed E-state index contributed by atoms with van der Waals surface area (Å²) in [6.45, 7) is 0. The van der Waals surface area contributed by atoms with Gasteiger partial charge < -0.3 is 15.0 Å². The molecule has 0 saturated heterocycles. The number of aromatic nitrogens is 3. The first-order chi connectivity index (χ1) is 15.3. The fourth-order valence-corrected chi connectivity index (χ4v) is 4.25. The first kappa shape index (κ1) is 21.3. The Morgan fingerprint density at radius 1 is 1.06 bits per heavy atom. The Kier molecular flexibility index (Phi) is 5.54. The number of anilines is 3. The first-order valence-corrected chi connectivity index (χ1v) is 11.5. The highest BCUT2D eigenvalue weighted by Gasteiger charge is 2.27. The van der Waals surface area contributed by atoms with Crippen molar-refractivity contribution in [2.75, 3.05) is 25.3 Å². The fourth-order valence-electron chi connectivity index (χ4n) is 3.44. The highest BCUT2D eigenvalue weighted by Crippen LogP contribution is 2.41. The standard InChI is InChI=1S/C22H21N5O4S/c1-23-20(28)15-10-7-11-17(31-2)18(15)27(14-8-5-4-6-9-14)22-25-19-16(12-13-24-19)21(26-22)32(3,29)30/h4-13H,1-3H3,(H,23,28)(H,24,25,26). The van der Waals surface area contributed by atoms with Crippen LogP contribution < -0.4 is 15.0 Å². The zero-order valence-corrected chi connectivity index (χ0v) is 18.5. The van der Waals surface area contributed by atoms with Crippen molar-refractivity contribution < 1.29 is 17.9 Å². The van der Waals surface area contributed by atoms with E-state index in [0.29, 0.717) is 33.7 Å². The number of hydrogen-bond acceptors (Lipinski definition) is 7. The van der Waals surface area contributed by atoms with Gasteiger partial charge in [-0.2, -0.15) is 9.97 Å².